The van der Waals surface area contributed by atoms with E-state index in [-0.39, 0.29) is 16.5 Å². The zero-order chi connectivity index (χ0) is 10.8. The third-order valence-corrected chi connectivity index (χ3v) is 1.83. The lowest BCUT2D eigenvalue weighted by Gasteiger charge is -2.00. The normalized spacial score (nSPS) is 19.7. The second-order valence-electron chi connectivity index (χ2n) is 2.48. The Balaban J connectivity index is 2.83. The van der Waals surface area contributed by atoms with Crippen molar-refractivity contribution in [3.05, 3.63) is 23.3 Å². The Labute approximate surface area is 85.8 Å². The van der Waals surface area contributed by atoms with E-state index in [9.17, 15) is 13.2 Å². The van der Waals surface area contributed by atoms with Crippen molar-refractivity contribution >= 4 is 33.2 Å². The van der Waals surface area contributed by atoms with Crippen molar-refractivity contribution in [2.24, 2.45) is 5.16 Å². The van der Waals surface area contributed by atoms with Gasteiger partial charge in [0, 0.05) is 0 Å². The molecule has 0 saturated carbocycles. The molecule has 0 N–H and O–H groups in total. The number of rotatable bonds is 2. The fraction of sp³-hybridized carbons (Fsp3) is 0.143. The second-order valence-corrected chi connectivity index (χ2v) is 4.45. The van der Waals surface area contributed by atoms with Crippen LogP contribution in [0.3, 0.4) is 0 Å². The number of ketones is 1. The van der Waals surface area contributed by atoms with Crippen molar-refractivity contribution in [3.63, 3.8) is 0 Å². The summed E-state index contributed by atoms with van der Waals surface area (Å²) >= 11 is 5.49. The van der Waals surface area contributed by atoms with Gasteiger partial charge in [-0.25, -0.2) is 0 Å². The molecule has 0 aromatic heterocycles. The summed E-state index contributed by atoms with van der Waals surface area (Å²) in [6.07, 6.45) is 4.56. The molecule has 14 heavy (non-hydrogen) atoms. The van der Waals surface area contributed by atoms with E-state index in [1.165, 1.54) is 18.2 Å². The van der Waals surface area contributed by atoms with Crippen LogP contribution in [-0.2, 0) is 19.2 Å². The van der Waals surface area contributed by atoms with Gasteiger partial charge in [-0.3, -0.25) is 9.08 Å². The monoisotopic (exact) mass is 235 g/mol. The molecule has 0 amide bonds. The Bertz CT molecular complexity index is 446. The first-order valence-electron chi connectivity index (χ1n) is 3.45. The molecule has 0 atom stereocenters. The molecular formula is C7H6ClNO4S. The maximum atomic E-state index is 10.8. The Kier molecular flexibility index (Phi) is 3.07. The van der Waals surface area contributed by atoms with Gasteiger partial charge in [0.15, 0.2) is 5.78 Å². The smallest absolute Gasteiger partial charge is 0.288 e. The summed E-state index contributed by atoms with van der Waals surface area (Å²) in [7, 11) is -3.63. The van der Waals surface area contributed by atoms with Crippen LogP contribution in [-0.4, -0.2) is 26.2 Å². The first kappa shape index (κ1) is 10.9. The fourth-order valence-electron chi connectivity index (χ4n) is 0.657. The minimum Gasteiger partial charge on any atom is -0.288 e. The molecule has 0 aliphatic heterocycles. The first-order valence-corrected chi connectivity index (χ1v) is 5.64. The SMILES string of the molecule is CS(=O)(=O)O/N=C1\C=CC(=O)C(Cl)=C1. The van der Waals surface area contributed by atoms with E-state index in [4.69, 9.17) is 11.6 Å². The van der Waals surface area contributed by atoms with Gasteiger partial charge < -0.3 is 0 Å². The number of allylic oxidation sites excluding steroid dienone is 4. The molecule has 1 aliphatic rings. The van der Waals surface area contributed by atoms with Crippen molar-refractivity contribution in [1.29, 1.82) is 0 Å². The van der Waals surface area contributed by atoms with Crippen LogP contribution in [0.4, 0.5) is 0 Å². The molecule has 76 valence electrons. The summed E-state index contributed by atoms with van der Waals surface area (Å²) in [5.41, 5.74) is 0.167. The summed E-state index contributed by atoms with van der Waals surface area (Å²) in [6.45, 7) is 0. The molecule has 0 saturated heterocycles. The average molecular weight is 236 g/mol. The van der Waals surface area contributed by atoms with Gasteiger partial charge >= 0.3 is 10.1 Å². The molecule has 0 fully saturated rings. The highest BCUT2D eigenvalue weighted by Crippen LogP contribution is 2.10. The van der Waals surface area contributed by atoms with Crippen LogP contribution in [0, 0.1) is 0 Å². The van der Waals surface area contributed by atoms with Crippen molar-refractivity contribution < 1.29 is 17.5 Å². The topological polar surface area (TPSA) is 72.8 Å². The fourth-order valence-corrected chi connectivity index (χ4v) is 1.05. The van der Waals surface area contributed by atoms with Gasteiger partial charge in [0.25, 0.3) is 0 Å². The van der Waals surface area contributed by atoms with Crippen LogP contribution in [0.5, 0.6) is 0 Å². The maximum absolute atomic E-state index is 10.8. The minimum absolute atomic E-state index is 0.0386. The van der Waals surface area contributed by atoms with Crippen LogP contribution in [0.2, 0.25) is 0 Å². The highest BCUT2D eigenvalue weighted by atomic mass is 35.5. The standard InChI is InChI=1S/C7H6ClNO4S/c1-14(11,12)13-9-5-2-3-7(10)6(8)4-5/h2-4H,1H3/b9-5+. The summed E-state index contributed by atoms with van der Waals surface area (Å²) in [5, 5.41) is 3.23. The second kappa shape index (κ2) is 3.93. The molecule has 0 aromatic rings. The number of carbonyl (C=O) groups is 1. The number of hydrogen-bond acceptors (Lipinski definition) is 5. The van der Waals surface area contributed by atoms with E-state index < -0.39 is 10.1 Å². The van der Waals surface area contributed by atoms with Crippen LogP contribution in [0.25, 0.3) is 0 Å². The predicted molar refractivity (Wildman–Crippen MR) is 51.4 cm³/mol. The van der Waals surface area contributed by atoms with E-state index in [0.29, 0.717) is 0 Å². The quantitative estimate of drug-likeness (QED) is 0.518. The van der Waals surface area contributed by atoms with Gasteiger partial charge in [-0.05, 0) is 18.2 Å². The van der Waals surface area contributed by atoms with Gasteiger partial charge in [-0.15, -0.1) is 0 Å². The number of oxime groups is 1. The third kappa shape index (κ3) is 3.31. The van der Waals surface area contributed by atoms with Gasteiger partial charge in [0.1, 0.15) is 5.71 Å². The van der Waals surface area contributed by atoms with E-state index in [2.05, 4.69) is 9.44 Å². The Morgan fingerprint density at radius 2 is 2.07 bits per heavy atom. The highest BCUT2D eigenvalue weighted by molar-refractivity contribution is 7.85. The van der Waals surface area contributed by atoms with Crippen LogP contribution in [0.15, 0.2) is 28.4 Å². The third-order valence-electron chi connectivity index (χ3n) is 1.19. The summed E-state index contributed by atoms with van der Waals surface area (Å²) in [6, 6.07) is 0. The van der Waals surface area contributed by atoms with Crippen molar-refractivity contribution in [2.75, 3.05) is 6.26 Å². The first-order chi connectivity index (χ1) is 6.38. The largest absolute Gasteiger partial charge is 0.325 e. The molecule has 5 nitrogen and oxygen atoms in total. The molecule has 0 aromatic carbocycles. The number of carbonyl (C=O) groups excluding carboxylic acids is 1. The number of hydrogen-bond donors (Lipinski definition) is 0. The molecule has 0 bridgehead atoms. The lowest BCUT2D eigenvalue weighted by Crippen LogP contribution is -2.06. The molecule has 0 spiro atoms. The molecule has 1 aliphatic carbocycles. The van der Waals surface area contributed by atoms with Gasteiger partial charge in [0.05, 0.1) is 11.3 Å². The molecule has 0 radical (unpaired) electrons. The van der Waals surface area contributed by atoms with E-state index in [0.717, 1.165) is 6.26 Å². The van der Waals surface area contributed by atoms with Gasteiger partial charge in [-0.2, -0.15) is 8.42 Å². The Morgan fingerprint density at radius 3 is 2.57 bits per heavy atom. The zero-order valence-electron chi connectivity index (χ0n) is 7.10. The summed E-state index contributed by atoms with van der Waals surface area (Å²) in [5.74, 6) is -0.357. The van der Waals surface area contributed by atoms with E-state index in [1.807, 2.05) is 0 Å². The van der Waals surface area contributed by atoms with E-state index >= 15 is 0 Å². The molecule has 1 rings (SSSR count). The van der Waals surface area contributed by atoms with Crippen LogP contribution in [0.1, 0.15) is 0 Å². The summed E-state index contributed by atoms with van der Waals surface area (Å²) < 4.78 is 25.2. The van der Waals surface area contributed by atoms with Crippen molar-refractivity contribution in [2.45, 2.75) is 0 Å². The van der Waals surface area contributed by atoms with Gasteiger partial charge in [-0.1, -0.05) is 16.8 Å². The van der Waals surface area contributed by atoms with E-state index in [1.54, 1.807) is 0 Å². The summed E-state index contributed by atoms with van der Waals surface area (Å²) in [4.78, 5) is 10.8. The zero-order valence-corrected chi connectivity index (χ0v) is 8.67. The van der Waals surface area contributed by atoms with Crippen LogP contribution < -0.4 is 0 Å². The lowest BCUT2D eigenvalue weighted by molar-refractivity contribution is -0.110. The number of nitrogens with zero attached hydrogens (tertiary/aromatic N) is 1. The predicted octanol–water partition coefficient (Wildman–Crippen LogP) is 0.580. The molecule has 0 heterocycles. The van der Waals surface area contributed by atoms with Crippen molar-refractivity contribution in [3.8, 4) is 0 Å². The molecule has 0 unspecified atom stereocenters. The molecule has 7 heteroatoms. The minimum atomic E-state index is -3.63. The van der Waals surface area contributed by atoms with Crippen LogP contribution >= 0.6 is 11.6 Å². The van der Waals surface area contributed by atoms with Crippen molar-refractivity contribution in [1.82, 2.24) is 0 Å². The van der Waals surface area contributed by atoms with Gasteiger partial charge in [0.2, 0.25) is 0 Å². The maximum Gasteiger partial charge on any atom is 0.325 e. The lowest BCUT2D eigenvalue weighted by atomic mass is 10.2. The average Bonchev–Trinajstić information content (AvgIpc) is 2.06. The Morgan fingerprint density at radius 1 is 1.43 bits per heavy atom. The Hall–Kier alpha value is -1.14. The highest BCUT2D eigenvalue weighted by Gasteiger charge is 2.10. The molecular weight excluding hydrogens is 230 g/mol. The number of halogens is 1.